The molecular formula is C17H24ClN3O5S. The molecule has 1 aromatic carbocycles. The summed E-state index contributed by atoms with van der Waals surface area (Å²) in [6.07, 6.45) is 2.78. The van der Waals surface area contributed by atoms with Gasteiger partial charge in [0.05, 0.1) is 11.5 Å². The van der Waals surface area contributed by atoms with E-state index in [1.54, 1.807) is 12.1 Å². The Balaban J connectivity index is 1.97. The van der Waals surface area contributed by atoms with Crippen molar-refractivity contribution < 1.29 is 23.1 Å². The van der Waals surface area contributed by atoms with Crippen LogP contribution in [0.5, 0.6) is 0 Å². The number of carbonyl (C=O) groups is 2. The van der Waals surface area contributed by atoms with Crippen molar-refractivity contribution in [2.45, 2.75) is 36.6 Å². The molecule has 1 aliphatic rings. The van der Waals surface area contributed by atoms with E-state index in [0.717, 1.165) is 12.8 Å². The van der Waals surface area contributed by atoms with Crippen LogP contribution in [0.2, 0.25) is 5.02 Å². The monoisotopic (exact) mass is 417 g/mol. The maximum atomic E-state index is 12.9. The lowest BCUT2D eigenvalue weighted by Gasteiger charge is -2.34. The molecule has 2 amide bonds. The zero-order valence-corrected chi connectivity index (χ0v) is 16.4. The first-order valence-electron chi connectivity index (χ1n) is 8.80. The Morgan fingerprint density at radius 3 is 2.37 bits per heavy atom. The molecule has 0 aliphatic carbocycles. The molecule has 27 heavy (non-hydrogen) atoms. The van der Waals surface area contributed by atoms with Crippen LogP contribution in [-0.2, 0) is 19.6 Å². The van der Waals surface area contributed by atoms with Gasteiger partial charge in [0.2, 0.25) is 10.0 Å². The van der Waals surface area contributed by atoms with E-state index in [9.17, 15) is 18.0 Å². The number of rotatable bonds is 7. The van der Waals surface area contributed by atoms with Crippen LogP contribution in [0.15, 0.2) is 29.2 Å². The van der Waals surface area contributed by atoms with E-state index in [4.69, 9.17) is 16.7 Å². The molecule has 0 aromatic heterocycles. The molecule has 1 unspecified atom stereocenters. The van der Waals surface area contributed by atoms with Crippen molar-refractivity contribution in [1.82, 2.24) is 14.9 Å². The summed E-state index contributed by atoms with van der Waals surface area (Å²) in [5, 5.41) is 13.9. The number of aliphatic hydroxyl groups is 1. The van der Waals surface area contributed by atoms with E-state index in [0.29, 0.717) is 24.4 Å². The molecule has 0 saturated carbocycles. The fourth-order valence-corrected chi connectivity index (χ4v) is 4.85. The van der Waals surface area contributed by atoms with Crippen LogP contribution in [0.1, 0.15) is 25.7 Å². The number of carbonyl (C=O) groups excluding carboxylic acids is 2. The van der Waals surface area contributed by atoms with Gasteiger partial charge in [-0.05, 0) is 43.5 Å². The predicted molar refractivity (Wildman–Crippen MR) is 101 cm³/mol. The van der Waals surface area contributed by atoms with Crippen molar-refractivity contribution in [3.8, 4) is 0 Å². The Bertz CT molecular complexity index is 754. The molecule has 10 heteroatoms. The zero-order valence-electron chi connectivity index (χ0n) is 14.9. The highest BCUT2D eigenvalue weighted by Crippen LogP contribution is 2.27. The van der Waals surface area contributed by atoms with E-state index in [1.807, 2.05) is 0 Å². The fraction of sp³-hybridized carbons (Fsp3) is 0.529. The van der Waals surface area contributed by atoms with Gasteiger partial charge < -0.3 is 15.7 Å². The highest BCUT2D eigenvalue weighted by molar-refractivity contribution is 7.89. The van der Waals surface area contributed by atoms with Gasteiger partial charge in [-0.1, -0.05) is 18.0 Å². The molecule has 1 saturated heterocycles. The van der Waals surface area contributed by atoms with E-state index in [2.05, 4.69) is 10.6 Å². The lowest BCUT2D eigenvalue weighted by molar-refractivity contribution is -0.139. The molecule has 2 rings (SSSR count). The third kappa shape index (κ3) is 5.90. The molecule has 3 N–H and O–H groups in total. The third-order valence-electron chi connectivity index (χ3n) is 4.36. The normalized spacial score (nSPS) is 18.1. The number of hydrogen-bond acceptors (Lipinski definition) is 5. The standard InChI is InChI=1S/C17H24ClN3O5S/c18-13-4-6-15(7-5-13)27(25,26)21-11-2-1-3-14(21)8-9-19-16(23)17(24)20-10-12-22/h4-7,14,22H,1-3,8-12H2,(H,19,23)(H,20,24). The minimum atomic E-state index is -3.65. The molecule has 1 aromatic rings. The minimum absolute atomic E-state index is 0.00198. The molecular weight excluding hydrogens is 394 g/mol. The first-order valence-corrected chi connectivity index (χ1v) is 10.6. The van der Waals surface area contributed by atoms with Crippen LogP contribution in [0, 0.1) is 0 Å². The number of aliphatic hydroxyl groups excluding tert-OH is 1. The van der Waals surface area contributed by atoms with Gasteiger partial charge in [-0.2, -0.15) is 4.31 Å². The average molecular weight is 418 g/mol. The molecule has 0 bridgehead atoms. The van der Waals surface area contributed by atoms with Crippen molar-refractivity contribution in [2.24, 2.45) is 0 Å². The maximum absolute atomic E-state index is 12.9. The third-order valence-corrected chi connectivity index (χ3v) is 6.58. The van der Waals surface area contributed by atoms with Gasteiger partial charge in [0, 0.05) is 30.7 Å². The van der Waals surface area contributed by atoms with Gasteiger partial charge >= 0.3 is 11.8 Å². The number of halogens is 1. The van der Waals surface area contributed by atoms with Gasteiger partial charge in [0.25, 0.3) is 0 Å². The molecule has 0 radical (unpaired) electrons. The number of hydrogen-bond donors (Lipinski definition) is 3. The molecule has 8 nitrogen and oxygen atoms in total. The van der Waals surface area contributed by atoms with Crippen LogP contribution in [0.4, 0.5) is 0 Å². The van der Waals surface area contributed by atoms with Crippen molar-refractivity contribution >= 4 is 33.4 Å². The Morgan fingerprint density at radius 1 is 1.11 bits per heavy atom. The number of amides is 2. The lowest BCUT2D eigenvalue weighted by Crippen LogP contribution is -2.46. The number of nitrogens with zero attached hydrogens (tertiary/aromatic N) is 1. The quantitative estimate of drug-likeness (QED) is 0.558. The second-order valence-corrected chi connectivity index (χ2v) is 8.57. The summed E-state index contributed by atoms with van der Waals surface area (Å²) in [5.74, 6) is -1.62. The molecule has 1 fully saturated rings. The van der Waals surface area contributed by atoms with Gasteiger partial charge in [-0.15, -0.1) is 0 Å². The summed E-state index contributed by atoms with van der Waals surface area (Å²) in [7, 11) is -3.65. The zero-order chi connectivity index (χ0) is 19.9. The summed E-state index contributed by atoms with van der Waals surface area (Å²) in [4.78, 5) is 23.3. The lowest BCUT2D eigenvalue weighted by atomic mass is 10.0. The smallest absolute Gasteiger partial charge is 0.309 e. The van der Waals surface area contributed by atoms with Gasteiger partial charge in [-0.3, -0.25) is 9.59 Å². The second-order valence-electron chi connectivity index (χ2n) is 6.24. The first kappa shape index (κ1) is 21.6. The largest absolute Gasteiger partial charge is 0.395 e. The number of nitrogens with one attached hydrogen (secondary N) is 2. The van der Waals surface area contributed by atoms with Gasteiger partial charge in [0.15, 0.2) is 0 Å². The topological polar surface area (TPSA) is 116 Å². The van der Waals surface area contributed by atoms with Crippen molar-refractivity contribution in [1.29, 1.82) is 0 Å². The highest BCUT2D eigenvalue weighted by atomic mass is 35.5. The molecule has 1 heterocycles. The summed E-state index contributed by atoms with van der Waals surface area (Å²) >= 11 is 5.84. The number of benzene rings is 1. The average Bonchev–Trinajstić information content (AvgIpc) is 2.66. The van der Waals surface area contributed by atoms with Crippen LogP contribution in [-0.4, -0.2) is 61.9 Å². The summed E-state index contributed by atoms with van der Waals surface area (Å²) in [6.45, 7) is 0.351. The summed E-state index contributed by atoms with van der Waals surface area (Å²) in [6, 6.07) is 5.80. The number of sulfonamides is 1. The summed E-state index contributed by atoms with van der Waals surface area (Å²) < 4.78 is 27.4. The molecule has 0 spiro atoms. The Hall–Kier alpha value is -1.68. The second kappa shape index (κ2) is 10.0. The molecule has 150 valence electrons. The van der Waals surface area contributed by atoms with E-state index in [1.165, 1.54) is 16.4 Å². The highest BCUT2D eigenvalue weighted by Gasteiger charge is 2.33. The van der Waals surface area contributed by atoms with Crippen molar-refractivity contribution in [2.75, 3.05) is 26.2 Å². The van der Waals surface area contributed by atoms with Crippen LogP contribution < -0.4 is 10.6 Å². The van der Waals surface area contributed by atoms with Gasteiger partial charge in [0.1, 0.15) is 0 Å². The Kier molecular flexibility index (Phi) is 8.03. The first-order chi connectivity index (χ1) is 12.9. The predicted octanol–water partition coefficient (Wildman–Crippen LogP) is 0.498. The van der Waals surface area contributed by atoms with Gasteiger partial charge in [-0.25, -0.2) is 8.42 Å². The minimum Gasteiger partial charge on any atom is -0.395 e. The fourth-order valence-electron chi connectivity index (χ4n) is 3.00. The van der Waals surface area contributed by atoms with E-state index >= 15 is 0 Å². The SMILES string of the molecule is O=C(NCCO)C(=O)NCCC1CCCCN1S(=O)(=O)c1ccc(Cl)cc1. The number of piperidine rings is 1. The maximum Gasteiger partial charge on any atom is 0.309 e. The van der Waals surface area contributed by atoms with Crippen molar-refractivity contribution in [3.05, 3.63) is 29.3 Å². The van der Waals surface area contributed by atoms with Crippen LogP contribution in [0.25, 0.3) is 0 Å². The van der Waals surface area contributed by atoms with Crippen molar-refractivity contribution in [3.63, 3.8) is 0 Å². The Labute approximate surface area is 163 Å². The van der Waals surface area contributed by atoms with E-state index < -0.39 is 21.8 Å². The molecule has 1 aliphatic heterocycles. The summed E-state index contributed by atoms with van der Waals surface area (Å²) in [5.41, 5.74) is 0. The van der Waals surface area contributed by atoms with Crippen LogP contribution in [0.3, 0.4) is 0 Å². The Morgan fingerprint density at radius 2 is 1.74 bits per heavy atom. The van der Waals surface area contributed by atoms with Crippen LogP contribution >= 0.6 is 11.6 Å². The molecule has 1 atom stereocenters. The van der Waals surface area contributed by atoms with E-state index in [-0.39, 0.29) is 30.6 Å².